The van der Waals surface area contributed by atoms with Crippen molar-refractivity contribution in [3.05, 3.63) is 49.3 Å². The van der Waals surface area contributed by atoms with Crippen LogP contribution >= 0.6 is 45.8 Å². The Bertz CT molecular complexity index is 1380. The molecule has 4 aromatic heterocycles. The predicted octanol–water partition coefficient (Wildman–Crippen LogP) is 5.26. The number of anilines is 1. The van der Waals surface area contributed by atoms with Gasteiger partial charge in [0, 0.05) is 20.7 Å². The molecule has 0 aliphatic heterocycles. The Kier molecular flexibility index (Phi) is 5.67. The Morgan fingerprint density at radius 1 is 1.32 bits per heavy atom. The molecule has 2 N–H and O–H groups in total. The molecule has 0 saturated carbocycles. The van der Waals surface area contributed by atoms with Gasteiger partial charge in [0.25, 0.3) is 5.56 Å². The number of thioether (sulfide) groups is 1. The lowest BCUT2D eigenvalue weighted by Crippen LogP contribution is -2.15. The molecule has 4 heterocycles. The summed E-state index contributed by atoms with van der Waals surface area (Å²) in [6.07, 6.45) is 4.08. The Morgan fingerprint density at radius 2 is 2.19 bits per heavy atom. The first-order chi connectivity index (χ1) is 15.1. The van der Waals surface area contributed by atoms with Gasteiger partial charge in [0.1, 0.15) is 15.9 Å². The summed E-state index contributed by atoms with van der Waals surface area (Å²) in [7, 11) is 0. The fourth-order valence-electron chi connectivity index (χ4n) is 3.68. The van der Waals surface area contributed by atoms with Crippen molar-refractivity contribution < 1.29 is 4.79 Å². The maximum atomic E-state index is 12.7. The summed E-state index contributed by atoms with van der Waals surface area (Å²) in [5.41, 5.74) is 2.39. The van der Waals surface area contributed by atoms with E-state index in [-0.39, 0.29) is 17.2 Å². The highest BCUT2D eigenvalue weighted by molar-refractivity contribution is 7.99. The van der Waals surface area contributed by atoms with Crippen LogP contribution in [0.2, 0.25) is 0 Å². The van der Waals surface area contributed by atoms with Gasteiger partial charge in [0.15, 0.2) is 5.16 Å². The highest BCUT2D eigenvalue weighted by Gasteiger charge is 2.22. The first-order valence-corrected chi connectivity index (χ1v) is 13.2. The predicted molar refractivity (Wildman–Crippen MR) is 129 cm³/mol. The summed E-state index contributed by atoms with van der Waals surface area (Å²) in [6, 6.07) is 6.19. The summed E-state index contributed by atoms with van der Waals surface area (Å²) >= 11 is 5.70. The lowest BCUT2D eigenvalue weighted by atomic mass is 9.96. The number of aryl methyl sites for hydroxylation is 1. The second-order valence-corrected chi connectivity index (χ2v) is 10.9. The standard InChI is InChI=1S/C21H16N4O2S4/c22-8-12-11-4-1-2-5-15(11)31-19(12)23-16(26)10-30-21-24-18(27)17-13(9-29-20(17)25-21)14-6-3-7-28-14/h3,6-7,9H,1-2,4-5,10H2,(H,23,26)(H,24,25,27). The molecule has 1 amide bonds. The van der Waals surface area contributed by atoms with Crippen molar-refractivity contribution in [2.75, 3.05) is 11.1 Å². The van der Waals surface area contributed by atoms with Gasteiger partial charge in [-0.15, -0.1) is 34.0 Å². The molecule has 0 saturated heterocycles. The number of rotatable bonds is 5. The SMILES string of the molecule is N#Cc1c(NC(=O)CSc2nc3scc(-c4cccs4)c3c(=O)[nH]2)sc2c1CCCC2. The number of carbonyl (C=O) groups excluding carboxylic acids is 1. The number of carbonyl (C=O) groups is 1. The molecular weight excluding hydrogens is 469 g/mol. The van der Waals surface area contributed by atoms with Crippen LogP contribution in [-0.4, -0.2) is 21.6 Å². The molecule has 0 unspecified atom stereocenters. The first-order valence-electron chi connectivity index (χ1n) is 9.66. The zero-order chi connectivity index (χ0) is 21.4. The maximum absolute atomic E-state index is 12.7. The fourth-order valence-corrected chi connectivity index (χ4v) is 7.42. The van der Waals surface area contributed by atoms with Gasteiger partial charge in [-0.25, -0.2) is 4.98 Å². The van der Waals surface area contributed by atoms with Gasteiger partial charge in [0.2, 0.25) is 5.91 Å². The van der Waals surface area contributed by atoms with Crippen LogP contribution in [0.15, 0.2) is 32.8 Å². The van der Waals surface area contributed by atoms with Crippen LogP contribution in [0.1, 0.15) is 28.8 Å². The highest BCUT2D eigenvalue weighted by Crippen LogP contribution is 2.38. The number of nitriles is 1. The van der Waals surface area contributed by atoms with E-state index in [1.165, 1.54) is 39.3 Å². The number of hydrogen-bond donors (Lipinski definition) is 2. The largest absolute Gasteiger partial charge is 0.316 e. The summed E-state index contributed by atoms with van der Waals surface area (Å²) in [6.45, 7) is 0. The zero-order valence-electron chi connectivity index (χ0n) is 16.2. The summed E-state index contributed by atoms with van der Waals surface area (Å²) in [5.74, 6) is -0.112. The van der Waals surface area contributed by atoms with Gasteiger partial charge in [-0.1, -0.05) is 17.8 Å². The third kappa shape index (κ3) is 3.94. The topological polar surface area (TPSA) is 98.6 Å². The molecule has 6 nitrogen and oxygen atoms in total. The summed E-state index contributed by atoms with van der Waals surface area (Å²) < 4.78 is 0. The minimum atomic E-state index is -0.215. The van der Waals surface area contributed by atoms with Crippen molar-refractivity contribution in [3.63, 3.8) is 0 Å². The molecule has 31 heavy (non-hydrogen) atoms. The minimum Gasteiger partial charge on any atom is -0.316 e. The molecule has 4 aromatic rings. The zero-order valence-corrected chi connectivity index (χ0v) is 19.5. The summed E-state index contributed by atoms with van der Waals surface area (Å²) in [5, 5.41) is 18.0. The van der Waals surface area contributed by atoms with Gasteiger partial charge < -0.3 is 10.3 Å². The molecule has 1 aliphatic carbocycles. The van der Waals surface area contributed by atoms with Crippen LogP contribution in [-0.2, 0) is 17.6 Å². The van der Waals surface area contributed by atoms with E-state index in [1.807, 2.05) is 22.9 Å². The van der Waals surface area contributed by atoms with Crippen LogP contribution in [0, 0.1) is 11.3 Å². The average Bonchev–Trinajstić information content (AvgIpc) is 3.50. The molecule has 0 fully saturated rings. The number of aromatic amines is 1. The number of nitrogens with one attached hydrogen (secondary N) is 2. The van der Waals surface area contributed by atoms with E-state index in [0.717, 1.165) is 41.7 Å². The van der Waals surface area contributed by atoms with Gasteiger partial charge in [-0.2, -0.15) is 5.26 Å². The van der Waals surface area contributed by atoms with E-state index in [0.29, 0.717) is 25.9 Å². The number of H-pyrrole nitrogens is 1. The molecule has 0 spiro atoms. The van der Waals surface area contributed by atoms with Crippen molar-refractivity contribution in [3.8, 4) is 16.5 Å². The molecule has 10 heteroatoms. The monoisotopic (exact) mass is 484 g/mol. The number of nitrogens with zero attached hydrogens (tertiary/aromatic N) is 2. The lowest BCUT2D eigenvalue weighted by molar-refractivity contribution is -0.113. The van der Waals surface area contributed by atoms with Crippen LogP contribution in [0.3, 0.4) is 0 Å². The van der Waals surface area contributed by atoms with E-state index in [1.54, 1.807) is 11.3 Å². The number of thiophene rings is 3. The van der Waals surface area contributed by atoms with E-state index in [4.69, 9.17) is 0 Å². The first kappa shape index (κ1) is 20.5. The number of aromatic nitrogens is 2. The maximum Gasteiger partial charge on any atom is 0.260 e. The highest BCUT2D eigenvalue weighted by atomic mass is 32.2. The van der Waals surface area contributed by atoms with Crippen LogP contribution < -0.4 is 10.9 Å². The van der Waals surface area contributed by atoms with Crippen molar-refractivity contribution >= 4 is 66.9 Å². The average molecular weight is 485 g/mol. The molecule has 0 radical (unpaired) electrons. The Balaban J connectivity index is 1.31. The Hall–Kier alpha value is -2.45. The quantitative estimate of drug-likeness (QED) is 0.298. The molecule has 0 atom stereocenters. The Labute approximate surface area is 194 Å². The second kappa shape index (κ2) is 8.59. The van der Waals surface area contributed by atoms with Gasteiger partial charge in [0.05, 0.1) is 16.7 Å². The summed E-state index contributed by atoms with van der Waals surface area (Å²) in [4.78, 5) is 35.4. The number of amides is 1. The van der Waals surface area contributed by atoms with Crippen molar-refractivity contribution in [1.82, 2.24) is 9.97 Å². The third-order valence-corrected chi connectivity index (χ3v) is 8.94. The van der Waals surface area contributed by atoms with Gasteiger partial charge in [-0.05, 0) is 42.7 Å². The van der Waals surface area contributed by atoms with Crippen molar-refractivity contribution in [2.45, 2.75) is 30.8 Å². The van der Waals surface area contributed by atoms with Crippen molar-refractivity contribution in [1.29, 1.82) is 5.26 Å². The molecule has 1 aliphatic rings. The van der Waals surface area contributed by atoms with Crippen molar-refractivity contribution in [2.24, 2.45) is 0 Å². The normalized spacial score (nSPS) is 13.1. The number of hydrogen-bond acceptors (Lipinski definition) is 8. The second-order valence-electron chi connectivity index (χ2n) is 7.04. The van der Waals surface area contributed by atoms with Crippen LogP contribution in [0.4, 0.5) is 5.00 Å². The third-order valence-electron chi connectivity index (χ3n) is 5.08. The molecule has 156 valence electrons. The van der Waals surface area contributed by atoms with Gasteiger partial charge >= 0.3 is 0 Å². The number of fused-ring (bicyclic) bond motifs is 2. The molecule has 5 rings (SSSR count). The smallest absolute Gasteiger partial charge is 0.260 e. The van der Waals surface area contributed by atoms with Crippen LogP contribution in [0.25, 0.3) is 20.7 Å². The molecular formula is C21H16N4O2S4. The lowest BCUT2D eigenvalue weighted by Gasteiger charge is -2.09. The van der Waals surface area contributed by atoms with E-state index in [2.05, 4.69) is 21.4 Å². The minimum absolute atomic E-state index is 0.102. The molecule has 0 bridgehead atoms. The van der Waals surface area contributed by atoms with Gasteiger partial charge in [-0.3, -0.25) is 9.59 Å². The molecule has 0 aromatic carbocycles. The van der Waals surface area contributed by atoms with Crippen LogP contribution in [0.5, 0.6) is 0 Å². The Morgan fingerprint density at radius 3 is 3.00 bits per heavy atom. The van der Waals surface area contributed by atoms with E-state index >= 15 is 0 Å². The van der Waals surface area contributed by atoms with E-state index < -0.39 is 0 Å². The fraction of sp³-hybridized carbons (Fsp3) is 0.238. The van der Waals surface area contributed by atoms with E-state index in [9.17, 15) is 14.9 Å².